The second-order valence-corrected chi connectivity index (χ2v) is 2.88. The Balaban J connectivity index is 2.08. The van der Waals surface area contributed by atoms with E-state index in [0.717, 1.165) is 26.2 Å². The fourth-order valence-corrected chi connectivity index (χ4v) is 1.08. The van der Waals surface area contributed by atoms with Gasteiger partial charge in [-0.2, -0.15) is 0 Å². The molecule has 1 atom stereocenters. The van der Waals surface area contributed by atoms with Crippen molar-refractivity contribution >= 4 is 0 Å². The monoisotopic (exact) mass is 159 g/mol. The fourth-order valence-electron chi connectivity index (χ4n) is 1.08. The van der Waals surface area contributed by atoms with Gasteiger partial charge in [0.2, 0.25) is 0 Å². The van der Waals surface area contributed by atoms with E-state index in [4.69, 9.17) is 9.47 Å². The molecule has 0 aromatic rings. The maximum Gasteiger partial charge on any atom is 0.105 e. The predicted octanol–water partition coefficient (Wildman–Crippen LogP) is 0.400. The average molecular weight is 159 g/mol. The van der Waals surface area contributed by atoms with Crippen LogP contribution in [0.3, 0.4) is 0 Å². The van der Waals surface area contributed by atoms with Crippen molar-refractivity contribution in [2.45, 2.75) is 25.6 Å². The highest BCUT2D eigenvalue weighted by Gasteiger charge is 2.21. The minimum Gasteiger partial charge on any atom is -0.376 e. The largest absolute Gasteiger partial charge is 0.376 e. The summed E-state index contributed by atoms with van der Waals surface area (Å²) in [7, 11) is 1.95. The molecule has 1 aliphatic heterocycles. The zero-order chi connectivity index (χ0) is 8.10. The molecule has 1 rings (SSSR count). The number of rotatable bonds is 5. The SMILES string of the molecule is CCC(CNC)OC1COC1. The predicted molar refractivity (Wildman–Crippen MR) is 43.7 cm³/mol. The van der Waals surface area contributed by atoms with Crippen LogP contribution in [0.15, 0.2) is 0 Å². The third-order valence-electron chi connectivity index (χ3n) is 1.88. The van der Waals surface area contributed by atoms with Gasteiger partial charge in [-0.25, -0.2) is 0 Å². The second kappa shape index (κ2) is 4.70. The van der Waals surface area contributed by atoms with E-state index in [2.05, 4.69) is 12.2 Å². The van der Waals surface area contributed by atoms with Crippen LogP contribution in [0.5, 0.6) is 0 Å². The Labute approximate surface area is 68.1 Å². The Morgan fingerprint density at radius 2 is 2.36 bits per heavy atom. The summed E-state index contributed by atoms with van der Waals surface area (Å²) in [4.78, 5) is 0. The Morgan fingerprint density at radius 1 is 1.64 bits per heavy atom. The molecule has 1 unspecified atom stereocenters. The first kappa shape index (κ1) is 8.97. The van der Waals surface area contributed by atoms with Gasteiger partial charge >= 0.3 is 0 Å². The zero-order valence-corrected chi connectivity index (χ0v) is 7.30. The highest BCUT2D eigenvalue weighted by molar-refractivity contribution is 4.68. The minimum absolute atomic E-state index is 0.355. The number of hydrogen-bond donors (Lipinski definition) is 1. The van der Waals surface area contributed by atoms with Crippen LogP contribution >= 0.6 is 0 Å². The van der Waals surface area contributed by atoms with Gasteiger partial charge in [-0.3, -0.25) is 0 Å². The van der Waals surface area contributed by atoms with Gasteiger partial charge in [-0.05, 0) is 13.5 Å². The molecule has 0 radical (unpaired) electrons. The summed E-state index contributed by atoms with van der Waals surface area (Å²) >= 11 is 0. The second-order valence-electron chi connectivity index (χ2n) is 2.88. The molecule has 1 N–H and O–H groups in total. The van der Waals surface area contributed by atoms with Crippen LogP contribution < -0.4 is 5.32 Å². The molecule has 1 saturated heterocycles. The summed E-state index contributed by atoms with van der Waals surface area (Å²) in [6, 6.07) is 0. The van der Waals surface area contributed by atoms with E-state index >= 15 is 0 Å². The first-order valence-electron chi connectivity index (χ1n) is 4.24. The van der Waals surface area contributed by atoms with E-state index in [1.54, 1.807) is 0 Å². The van der Waals surface area contributed by atoms with Crippen LogP contribution in [0, 0.1) is 0 Å². The van der Waals surface area contributed by atoms with E-state index in [9.17, 15) is 0 Å². The lowest BCUT2D eigenvalue weighted by molar-refractivity contribution is -0.153. The van der Waals surface area contributed by atoms with Crippen LogP contribution in [-0.2, 0) is 9.47 Å². The molecule has 0 aromatic heterocycles. The molecule has 66 valence electrons. The van der Waals surface area contributed by atoms with E-state index in [0.29, 0.717) is 12.2 Å². The fraction of sp³-hybridized carbons (Fsp3) is 1.00. The molecule has 0 aromatic carbocycles. The van der Waals surface area contributed by atoms with Gasteiger partial charge in [0.25, 0.3) is 0 Å². The van der Waals surface area contributed by atoms with Crippen LogP contribution in [0.25, 0.3) is 0 Å². The van der Waals surface area contributed by atoms with E-state index in [1.165, 1.54) is 0 Å². The van der Waals surface area contributed by atoms with Gasteiger partial charge < -0.3 is 14.8 Å². The first-order valence-corrected chi connectivity index (χ1v) is 4.24. The van der Waals surface area contributed by atoms with Crippen molar-refractivity contribution < 1.29 is 9.47 Å². The molecule has 1 fully saturated rings. The average Bonchev–Trinajstić information content (AvgIpc) is 1.94. The van der Waals surface area contributed by atoms with Crippen LogP contribution in [0.4, 0.5) is 0 Å². The maximum atomic E-state index is 5.69. The summed E-state index contributed by atoms with van der Waals surface area (Å²) in [6.07, 6.45) is 1.78. The van der Waals surface area contributed by atoms with E-state index in [-0.39, 0.29) is 0 Å². The van der Waals surface area contributed by atoms with Crippen molar-refractivity contribution in [2.24, 2.45) is 0 Å². The van der Waals surface area contributed by atoms with Gasteiger partial charge in [0.05, 0.1) is 19.3 Å². The lowest BCUT2D eigenvalue weighted by atomic mass is 10.2. The molecule has 1 heterocycles. The summed E-state index contributed by atoms with van der Waals surface area (Å²) in [5.41, 5.74) is 0. The molecule has 3 heteroatoms. The Kier molecular flexibility index (Phi) is 3.83. The number of hydrogen-bond acceptors (Lipinski definition) is 3. The number of nitrogens with one attached hydrogen (secondary N) is 1. The van der Waals surface area contributed by atoms with E-state index < -0.39 is 0 Å². The van der Waals surface area contributed by atoms with Gasteiger partial charge in [0.15, 0.2) is 0 Å². The molecule has 0 saturated carbocycles. The zero-order valence-electron chi connectivity index (χ0n) is 7.30. The number of ether oxygens (including phenoxy) is 2. The Bertz CT molecular complexity index is 104. The Hall–Kier alpha value is -0.120. The summed E-state index contributed by atoms with van der Waals surface area (Å²) in [5, 5.41) is 3.11. The molecule has 0 amide bonds. The van der Waals surface area contributed by atoms with Crippen LogP contribution in [-0.4, -0.2) is 39.0 Å². The normalized spacial score (nSPS) is 21.3. The van der Waals surface area contributed by atoms with E-state index in [1.807, 2.05) is 7.05 Å². The van der Waals surface area contributed by atoms with Gasteiger partial charge in [0.1, 0.15) is 6.10 Å². The summed E-state index contributed by atoms with van der Waals surface area (Å²) < 4.78 is 10.7. The molecule has 3 nitrogen and oxygen atoms in total. The molecule has 0 spiro atoms. The van der Waals surface area contributed by atoms with Crippen molar-refractivity contribution in [3.63, 3.8) is 0 Å². The standard InChI is InChI=1S/C8H17NO2/c1-3-7(4-9-2)11-8-5-10-6-8/h7-9H,3-6H2,1-2H3. The quantitative estimate of drug-likeness (QED) is 0.630. The third kappa shape index (κ3) is 2.77. The van der Waals surface area contributed by atoms with Gasteiger partial charge in [-0.1, -0.05) is 6.92 Å². The topological polar surface area (TPSA) is 30.5 Å². The summed E-state index contributed by atoms with van der Waals surface area (Å²) in [5.74, 6) is 0. The molecule has 0 bridgehead atoms. The molecule has 0 aliphatic carbocycles. The summed E-state index contributed by atoms with van der Waals surface area (Å²) in [6.45, 7) is 4.63. The highest BCUT2D eigenvalue weighted by Crippen LogP contribution is 2.09. The van der Waals surface area contributed by atoms with Crippen LogP contribution in [0.1, 0.15) is 13.3 Å². The Morgan fingerprint density at radius 3 is 2.73 bits per heavy atom. The van der Waals surface area contributed by atoms with Crippen molar-refractivity contribution in [3.8, 4) is 0 Å². The molecular formula is C8H17NO2. The van der Waals surface area contributed by atoms with Crippen molar-refractivity contribution in [3.05, 3.63) is 0 Å². The smallest absolute Gasteiger partial charge is 0.105 e. The first-order chi connectivity index (χ1) is 5.36. The van der Waals surface area contributed by atoms with Crippen LogP contribution in [0.2, 0.25) is 0 Å². The third-order valence-corrected chi connectivity index (χ3v) is 1.88. The van der Waals surface area contributed by atoms with Crippen molar-refractivity contribution in [2.75, 3.05) is 26.8 Å². The molecule has 1 aliphatic rings. The van der Waals surface area contributed by atoms with Gasteiger partial charge in [0, 0.05) is 6.54 Å². The lowest BCUT2D eigenvalue weighted by Gasteiger charge is -2.30. The highest BCUT2D eigenvalue weighted by atomic mass is 16.6. The lowest BCUT2D eigenvalue weighted by Crippen LogP contribution is -2.41. The van der Waals surface area contributed by atoms with Gasteiger partial charge in [-0.15, -0.1) is 0 Å². The minimum atomic E-state index is 0.355. The maximum absolute atomic E-state index is 5.69. The van der Waals surface area contributed by atoms with Crippen molar-refractivity contribution in [1.29, 1.82) is 0 Å². The van der Waals surface area contributed by atoms with Crippen molar-refractivity contribution in [1.82, 2.24) is 5.32 Å². The number of likely N-dealkylation sites (N-methyl/N-ethyl adjacent to an activating group) is 1. The molecular weight excluding hydrogens is 142 g/mol. The molecule has 11 heavy (non-hydrogen) atoms.